The number of hydrogen-bond acceptors (Lipinski definition) is 4. The maximum absolute atomic E-state index is 9.38. The van der Waals surface area contributed by atoms with Gasteiger partial charge in [-0.15, -0.1) is 0 Å². The van der Waals surface area contributed by atoms with Crippen LogP contribution in [0.2, 0.25) is 0 Å². The van der Waals surface area contributed by atoms with Crippen molar-refractivity contribution in [2.75, 3.05) is 39.8 Å². The molecule has 1 aliphatic heterocycles. The summed E-state index contributed by atoms with van der Waals surface area (Å²) in [6.45, 7) is 7.22. The topological polar surface area (TPSA) is 38.7 Å². The van der Waals surface area contributed by atoms with E-state index in [0.717, 1.165) is 13.0 Å². The smallest absolute Gasteiger partial charge is 0.0585 e. The van der Waals surface area contributed by atoms with Crippen molar-refractivity contribution in [3.05, 3.63) is 0 Å². The highest BCUT2D eigenvalue weighted by atomic mass is 16.3. The van der Waals surface area contributed by atoms with Gasteiger partial charge in [0.05, 0.1) is 6.61 Å². The second-order valence-electron chi connectivity index (χ2n) is 5.95. The lowest BCUT2D eigenvalue weighted by Crippen LogP contribution is -2.52. The molecular formula is C14H29N3O. The summed E-state index contributed by atoms with van der Waals surface area (Å²) in [6, 6.07) is 1.71. The maximum Gasteiger partial charge on any atom is 0.0585 e. The predicted molar refractivity (Wildman–Crippen MR) is 74.8 cm³/mol. The Morgan fingerprint density at radius 2 is 2.11 bits per heavy atom. The normalized spacial score (nSPS) is 28.5. The van der Waals surface area contributed by atoms with Crippen LogP contribution in [0.25, 0.3) is 0 Å². The van der Waals surface area contributed by atoms with Gasteiger partial charge in [0.2, 0.25) is 0 Å². The molecule has 2 fully saturated rings. The molecule has 2 N–H and O–H groups in total. The monoisotopic (exact) mass is 255 g/mol. The lowest BCUT2D eigenvalue weighted by Gasteiger charge is -2.39. The summed E-state index contributed by atoms with van der Waals surface area (Å²) in [5, 5.41) is 12.9. The lowest BCUT2D eigenvalue weighted by molar-refractivity contribution is 0.0875. The number of piperazine rings is 1. The van der Waals surface area contributed by atoms with Crippen molar-refractivity contribution in [1.29, 1.82) is 0 Å². The van der Waals surface area contributed by atoms with Gasteiger partial charge in [-0.1, -0.05) is 6.92 Å². The summed E-state index contributed by atoms with van der Waals surface area (Å²) < 4.78 is 0. The number of rotatable bonds is 7. The molecule has 2 rings (SSSR count). The maximum atomic E-state index is 9.38. The number of nitrogens with one attached hydrogen (secondary N) is 1. The van der Waals surface area contributed by atoms with E-state index in [4.69, 9.17) is 0 Å². The standard InChI is InChI=1S/C14H29N3O/c1-3-14-10-17(9-8-16(14)2)7-6-13(11-18)15-12-4-5-12/h12-15,18H,3-11H2,1-2H3. The van der Waals surface area contributed by atoms with Crippen LogP contribution >= 0.6 is 0 Å². The molecule has 0 amide bonds. The van der Waals surface area contributed by atoms with Gasteiger partial charge in [-0.05, 0) is 39.3 Å². The summed E-state index contributed by atoms with van der Waals surface area (Å²) in [6.07, 6.45) is 4.90. The van der Waals surface area contributed by atoms with E-state index in [1.165, 1.54) is 38.9 Å². The first-order valence-corrected chi connectivity index (χ1v) is 7.52. The molecule has 106 valence electrons. The lowest BCUT2D eigenvalue weighted by atomic mass is 10.1. The van der Waals surface area contributed by atoms with Gasteiger partial charge in [-0.2, -0.15) is 0 Å². The van der Waals surface area contributed by atoms with Crippen LogP contribution in [-0.4, -0.2) is 72.9 Å². The second-order valence-corrected chi connectivity index (χ2v) is 5.95. The molecule has 1 aliphatic carbocycles. The van der Waals surface area contributed by atoms with E-state index in [9.17, 15) is 5.11 Å². The van der Waals surface area contributed by atoms with Gasteiger partial charge in [-0.25, -0.2) is 0 Å². The van der Waals surface area contributed by atoms with Crippen molar-refractivity contribution >= 4 is 0 Å². The first kappa shape index (κ1) is 14.3. The minimum absolute atomic E-state index is 0.279. The van der Waals surface area contributed by atoms with Gasteiger partial charge in [0.15, 0.2) is 0 Å². The molecule has 0 aromatic carbocycles. The highest BCUT2D eigenvalue weighted by Gasteiger charge is 2.26. The third-order valence-corrected chi connectivity index (χ3v) is 4.40. The van der Waals surface area contributed by atoms with Crippen LogP contribution in [0, 0.1) is 0 Å². The largest absolute Gasteiger partial charge is 0.395 e. The van der Waals surface area contributed by atoms with Gasteiger partial charge in [-0.3, -0.25) is 0 Å². The third-order valence-electron chi connectivity index (χ3n) is 4.40. The summed E-state index contributed by atoms with van der Waals surface area (Å²) in [5.41, 5.74) is 0. The first-order valence-electron chi connectivity index (χ1n) is 7.52. The molecule has 1 heterocycles. The van der Waals surface area contributed by atoms with E-state index in [2.05, 4.69) is 29.1 Å². The van der Waals surface area contributed by atoms with Crippen molar-refractivity contribution in [2.45, 2.75) is 50.7 Å². The molecule has 0 aromatic rings. The molecule has 2 unspecified atom stereocenters. The molecule has 2 atom stereocenters. The van der Waals surface area contributed by atoms with Crippen LogP contribution in [0.3, 0.4) is 0 Å². The zero-order valence-corrected chi connectivity index (χ0v) is 11.9. The molecule has 18 heavy (non-hydrogen) atoms. The Morgan fingerprint density at radius 1 is 1.33 bits per heavy atom. The number of aliphatic hydroxyl groups excluding tert-OH is 1. The zero-order chi connectivity index (χ0) is 13.0. The predicted octanol–water partition coefficient (Wildman–Crippen LogP) is 0.515. The highest BCUT2D eigenvalue weighted by molar-refractivity contribution is 4.86. The third kappa shape index (κ3) is 4.19. The molecule has 4 nitrogen and oxygen atoms in total. The summed E-state index contributed by atoms with van der Waals surface area (Å²) in [4.78, 5) is 5.04. The zero-order valence-electron chi connectivity index (χ0n) is 11.9. The van der Waals surface area contributed by atoms with E-state index in [-0.39, 0.29) is 6.61 Å². The van der Waals surface area contributed by atoms with E-state index in [0.29, 0.717) is 18.1 Å². The Kier molecular flexibility index (Phi) is 5.42. The van der Waals surface area contributed by atoms with Crippen molar-refractivity contribution in [2.24, 2.45) is 0 Å². The Hall–Kier alpha value is -0.160. The minimum Gasteiger partial charge on any atom is -0.395 e. The van der Waals surface area contributed by atoms with Crippen molar-refractivity contribution in [3.8, 4) is 0 Å². The number of likely N-dealkylation sites (N-methyl/N-ethyl adjacent to an activating group) is 1. The Morgan fingerprint density at radius 3 is 2.72 bits per heavy atom. The van der Waals surface area contributed by atoms with Crippen molar-refractivity contribution < 1.29 is 5.11 Å². The summed E-state index contributed by atoms with van der Waals surface area (Å²) in [7, 11) is 2.23. The van der Waals surface area contributed by atoms with Crippen LogP contribution in [0.1, 0.15) is 32.6 Å². The molecule has 1 saturated heterocycles. The molecular weight excluding hydrogens is 226 g/mol. The number of aliphatic hydroxyl groups is 1. The van der Waals surface area contributed by atoms with Gasteiger partial charge in [0, 0.05) is 37.8 Å². The Labute approximate surface area is 111 Å². The quantitative estimate of drug-likeness (QED) is 0.695. The Bertz CT molecular complexity index is 245. The molecule has 1 saturated carbocycles. The van der Waals surface area contributed by atoms with Crippen LogP contribution in [0.5, 0.6) is 0 Å². The van der Waals surface area contributed by atoms with Gasteiger partial charge in [0.1, 0.15) is 0 Å². The average Bonchev–Trinajstić information content (AvgIpc) is 3.20. The van der Waals surface area contributed by atoms with Gasteiger partial charge < -0.3 is 20.2 Å². The molecule has 0 spiro atoms. The molecule has 0 aromatic heterocycles. The fourth-order valence-electron chi connectivity index (χ4n) is 2.80. The SMILES string of the molecule is CCC1CN(CCC(CO)NC2CC2)CCN1C. The number of nitrogens with zero attached hydrogens (tertiary/aromatic N) is 2. The molecule has 2 aliphatic rings. The first-order chi connectivity index (χ1) is 8.72. The van der Waals surface area contributed by atoms with Gasteiger partial charge in [0.25, 0.3) is 0 Å². The minimum atomic E-state index is 0.279. The van der Waals surface area contributed by atoms with Gasteiger partial charge >= 0.3 is 0 Å². The highest BCUT2D eigenvalue weighted by Crippen LogP contribution is 2.20. The van der Waals surface area contributed by atoms with Crippen LogP contribution in [-0.2, 0) is 0 Å². The second kappa shape index (κ2) is 6.85. The van der Waals surface area contributed by atoms with E-state index in [1.807, 2.05) is 0 Å². The average molecular weight is 255 g/mol. The van der Waals surface area contributed by atoms with Crippen LogP contribution in [0.15, 0.2) is 0 Å². The van der Waals surface area contributed by atoms with E-state index < -0.39 is 0 Å². The van der Waals surface area contributed by atoms with Crippen LogP contribution < -0.4 is 5.32 Å². The fraction of sp³-hybridized carbons (Fsp3) is 1.00. The molecule has 0 radical (unpaired) electrons. The van der Waals surface area contributed by atoms with Crippen molar-refractivity contribution in [3.63, 3.8) is 0 Å². The fourth-order valence-corrected chi connectivity index (χ4v) is 2.80. The molecule has 4 heteroatoms. The summed E-state index contributed by atoms with van der Waals surface area (Å²) in [5.74, 6) is 0. The van der Waals surface area contributed by atoms with E-state index in [1.54, 1.807) is 0 Å². The number of hydrogen-bond donors (Lipinski definition) is 2. The summed E-state index contributed by atoms with van der Waals surface area (Å²) >= 11 is 0. The Balaban J connectivity index is 1.68. The van der Waals surface area contributed by atoms with E-state index >= 15 is 0 Å². The van der Waals surface area contributed by atoms with Crippen molar-refractivity contribution in [1.82, 2.24) is 15.1 Å². The van der Waals surface area contributed by atoms with Crippen LogP contribution in [0.4, 0.5) is 0 Å². The molecule has 0 bridgehead atoms.